The van der Waals surface area contributed by atoms with Gasteiger partial charge in [0.25, 0.3) is 5.97 Å². The van der Waals surface area contributed by atoms with Crippen molar-refractivity contribution in [2.24, 2.45) is 0 Å². The van der Waals surface area contributed by atoms with E-state index in [0.29, 0.717) is 13.2 Å². The van der Waals surface area contributed by atoms with Crippen LogP contribution in [0, 0.1) is 0 Å². The normalized spacial score (nSPS) is 22.2. The van der Waals surface area contributed by atoms with Crippen molar-refractivity contribution in [1.29, 1.82) is 0 Å². The van der Waals surface area contributed by atoms with E-state index in [-0.39, 0.29) is 0 Å². The lowest BCUT2D eigenvalue weighted by Gasteiger charge is -2.39. The van der Waals surface area contributed by atoms with E-state index < -0.39 is 5.97 Å². The van der Waals surface area contributed by atoms with Crippen LogP contribution in [0.4, 0.5) is 0 Å². The van der Waals surface area contributed by atoms with Crippen molar-refractivity contribution in [3.8, 4) is 0 Å². The predicted molar refractivity (Wildman–Crippen MR) is 36.6 cm³/mol. The fourth-order valence-corrected chi connectivity index (χ4v) is 0.978. The van der Waals surface area contributed by atoms with Gasteiger partial charge in [-0.15, -0.1) is 0 Å². The first kappa shape index (κ1) is 7.98. The minimum absolute atomic E-state index is 0.639. The van der Waals surface area contributed by atoms with Gasteiger partial charge in [0.1, 0.15) is 0 Å². The van der Waals surface area contributed by atoms with E-state index in [2.05, 4.69) is 0 Å². The Morgan fingerprint density at radius 1 is 1.30 bits per heavy atom. The van der Waals surface area contributed by atoms with Crippen molar-refractivity contribution in [2.75, 3.05) is 19.8 Å². The van der Waals surface area contributed by atoms with E-state index in [9.17, 15) is 0 Å². The second-order valence-corrected chi connectivity index (χ2v) is 2.15. The molecule has 0 unspecified atom stereocenters. The molecule has 3 heteroatoms. The molecule has 0 aromatic heterocycles. The minimum Gasteiger partial charge on any atom is -0.328 e. The summed E-state index contributed by atoms with van der Waals surface area (Å²) in [5, 5.41) is 0. The fourth-order valence-electron chi connectivity index (χ4n) is 0.978. The summed E-state index contributed by atoms with van der Waals surface area (Å²) in [6.07, 6.45) is 0.856. The summed E-state index contributed by atoms with van der Waals surface area (Å²) < 4.78 is 15.7. The molecule has 0 aromatic carbocycles. The van der Waals surface area contributed by atoms with E-state index in [1.165, 1.54) is 0 Å². The van der Waals surface area contributed by atoms with Crippen LogP contribution in [0.5, 0.6) is 0 Å². The molecule has 0 bridgehead atoms. The minimum atomic E-state index is -0.677. The molecule has 1 rings (SSSR count). The topological polar surface area (TPSA) is 27.7 Å². The summed E-state index contributed by atoms with van der Waals surface area (Å²) in [7, 11) is 0. The molecule has 0 atom stereocenters. The van der Waals surface area contributed by atoms with Gasteiger partial charge in [0.05, 0.1) is 13.0 Å². The predicted octanol–water partition coefficient (Wildman–Crippen LogP) is 1.13. The highest BCUT2D eigenvalue weighted by Crippen LogP contribution is 2.28. The SMILES string of the molecule is CCOC1(OCC)CCO1. The van der Waals surface area contributed by atoms with Gasteiger partial charge in [0, 0.05) is 13.2 Å². The van der Waals surface area contributed by atoms with Gasteiger partial charge >= 0.3 is 0 Å². The van der Waals surface area contributed by atoms with Crippen molar-refractivity contribution in [3.63, 3.8) is 0 Å². The maximum atomic E-state index is 5.26. The molecule has 0 N–H and O–H groups in total. The molecule has 1 aliphatic heterocycles. The van der Waals surface area contributed by atoms with Crippen LogP contribution in [-0.2, 0) is 14.2 Å². The Kier molecular flexibility index (Phi) is 2.65. The van der Waals surface area contributed by atoms with Crippen LogP contribution in [0.3, 0.4) is 0 Å². The molecule has 1 aliphatic rings. The summed E-state index contributed by atoms with van der Waals surface area (Å²) in [6.45, 7) is 5.89. The van der Waals surface area contributed by atoms with Gasteiger partial charge in [-0.05, 0) is 13.8 Å². The van der Waals surface area contributed by atoms with Gasteiger partial charge in [-0.2, -0.15) is 0 Å². The summed E-state index contributed by atoms with van der Waals surface area (Å²) >= 11 is 0. The lowest BCUT2D eigenvalue weighted by molar-refractivity contribution is -0.433. The highest BCUT2D eigenvalue weighted by molar-refractivity contribution is 4.66. The molecule has 60 valence electrons. The number of hydrogen-bond donors (Lipinski definition) is 0. The molecule has 0 spiro atoms. The molecular weight excluding hydrogens is 132 g/mol. The molecule has 0 radical (unpaired) electrons. The Hall–Kier alpha value is -0.120. The zero-order chi connectivity index (χ0) is 7.45. The summed E-state index contributed by atoms with van der Waals surface area (Å²) in [4.78, 5) is 0. The highest BCUT2D eigenvalue weighted by Gasteiger charge is 2.40. The van der Waals surface area contributed by atoms with E-state index >= 15 is 0 Å². The summed E-state index contributed by atoms with van der Waals surface area (Å²) in [5.74, 6) is -0.677. The maximum absolute atomic E-state index is 5.26. The molecule has 0 aromatic rings. The van der Waals surface area contributed by atoms with Gasteiger partial charge in [0.15, 0.2) is 0 Å². The van der Waals surface area contributed by atoms with Crippen molar-refractivity contribution < 1.29 is 14.2 Å². The van der Waals surface area contributed by atoms with Crippen LogP contribution >= 0.6 is 0 Å². The number of ether oxygens (including phenoxy) is 3. The maximum Gasteiger partial charge on any atom is 0.285 e. The third-order valence-electron chi connectivity index (χ3n) is 1.46. The van der Waals surface area contributed by atoms with E-state index in [4.69, 9.17) is 14.2 Å². The zero-order valence-electron chi connectivity index (χ0n) is 6.55. The monoisotopic (exact) mass is 146 g/mol. The molecule has 1 heterocycles. The summed E-state index contributed by atoms with van der Waals surface area (Å²) in [6, 6.07) is 0. The molecule has 1 saturated heterocycles. The van der Waals surface area contributed by atoms with Gasteiger partial charge in [-0.3, -0.25) is 0 Å². The quantitative estimate of drug-likeness (QED) is 0.556. The number of rotatable bonds is 4. The van der Waals surface area contributed by atoms with Crippen molar-refractivity contribution >= 4 is 0 Å². The van der Waals surface area contributed by atoms with Gasteiger partial charge in [-0.1, -0.05) is 0 Å². The first-order valence-corrected chi connectivity index (χ1v) is 3.75. The third kappa shape index (κ3) is 1.48. The lowest BCUT2D eigenvalue weighted by atomic mass is 10.3. The molecule has 3 nitrogen and oxygen atoms in total. The molecule has 0 aliphatic carbocycles. The van der Waals surface area contributed by atoms with Crippen molar-refractivity contribution in [2.45, 2.75) is 26.2 Å². The van der Waals surface area contributed by atoms with Crippen molar-refractivity contribution in [1.82, 2.24) is 0 Å². The fraction of sp³-hybridized carbons (Fsp3) is 1.00. The second kappa shape index (κ2) is 3.32. The first-order chi connectivity index (χ1) is 4.83. The van der Waals surface area contributed by atoms with E-state index in [0.717, 1.165) is 13.0 Å². The standard InChI is InChI=1S/C7H14O3/c1-3-8-7(9-4-2)5-6-10-7/h3-6H2,1-2H3. The Labute approximate surface area is 61.3 Å². The smallest absolute Gasteiger partial charge is 0.285 e. The molecule has 0 amide bonds. The van der Waals surface area contributed by atoms with Crippen LogP contribution in [0.2, 0.25) is 0 Å². The average molecular weight is 146 g/mol. The Morgan fingerprint density at radius 2 is 1.80 bits per heavy atom. The Bertz CT molecular complexity index is 91.0. The molecular formula is C7H14O3. The zero-order valence-corrected chi connectivity index (χ0v) is 6.55. The van der Waals surface area contributed by atoms with Crippen LogP contribution in [0.15, 0.2) is 0 Å². The highest BCUT2D eigenvalue weighted by atomic mass is 16.9. The van der Waals surface area contributed by atoms with Gasteiger partial charge < -0.3 is 14.2 Å². The average Bonchev–Trinajstić information content (AvgIpc) is 1.84. The molecule has 0 saturated carbocycles. The van der Waals surface area contributed by atoms with Gasteiger partial charge in [0.2, 0.25) is 0 Å². The second-order valence-electron chi connectivity index (χ2n) is 2.15. The van der Waals surface area contributed by atoms with E-state index in [1.807, 2.05) is 13.8 Å². The lowest BCUT2D eigenvalue weighted by Crippen LogP contribution is -2.48. The molecule has 1 fully saturated rings. The van der Waals surface area contributed by atoms with Crippen molar-refractivity contribution in [3.05, 3.63) is 0 Å². The summed E-state index contributed by atoms with van der Waals surface area (Å²) in [5.41, 5.74) is 0. The van der Waals surface area contributed by atoms with Crippen LogP contribution in [0.1, 0.15) is 20.3 Å². The van der Waals surface area contributed by atoms with Crippen LogP contribution in [0.25, 0.3) is 0 Å². The first-order valence-electron chi connectivity index (χ1n) is 3.75. The Morgan fingerprint density at radius 3 is 2.00 bits per heavy atom. The molecule has 10 heavy (non-hydrogen) atoms. The largest absolute Gasteiger partial charge is 0.328 e. The van der Waals surface area contributed by atoms with Gasteiger partial charge in [-0.25, -0.2) is 0 Å². The van der Waals surface area contributed by atoms with Crippen LogP contribution < -0.4 is 0 Å². The number of hydrogen-bond acceptors (Lipinski definition) is 3. The Balaban J connectivity index is 2.27. The van der Waals surface area contributed by atoms with Crippen LogP contribution in [-0.4, -0.2) is 25.8 Å². The third-order valence-corrected chi connectivity index (χ3v) is 1.46. The van der Waals surface area contributed by atoms with E-state index in [1.54, 1.807) is 0 Å².